The molecule has 14 heteroatoms. The third kappa shape index (κ3) is 7.41. The van der Waals surface area contributed by atoms with Crippen LogP contribution in [-0.4, -0.2) is 55.1 Å². The number of nitrogens with zero attached hydrogens (tertiary/aromatic N) is 5. The van der Waals surface area contributed by atoms with Crippen molar-refractivity contribution in [3.63, 3.8) is 0 Å². The molecular weight excluding hydrogens is 682 g/mol. The predicted molar refractivity (Wildman–Crippen MR) is 186 cm³/mol. The number of amides is 3. The highest BCUT2D eigenvalue weighted by atomic mass is 35.5. The van der Waals surface area contributed by atoms with Crippen LogP contribution >= 0.6 is 11.6 Å². The summed E-state index contributed by atoms with van der Waals surface area (Å²) in [7, 11) is -2.58. The Balaban J connectivity index is 1.67. The molecule has 1 unspecified atom stereocenters. The Hall–Kier alpha value is -4.69. The summed E-state index contributed by atoms with van der Waals surface area (Å²) in [6.07, 6.45) is -0.959. The summed E-state index contributed by atoms with van der Waals surface area (Å²) in [5.74, 6) is -4.95. The number of nitriles is 2. The number of nitrogens with one attached hydrogen (secondary N) is 1. The van der Waals surface area contributed by atoms with Crippen molar-refractivity contribution in [1.82, 2.24) is 10.3 Å². The number of benzene rings is 2. The summed E-state index contributed by atoms with van der Waals surface area (Å²) in [6.45, 7) is 10.0. The molecule has 50 heavy (non-hydrogen) atoms. The van der Waals surface area contributed by atoms with E-state index in [2.05, 4.69) is 10.3 Å². The zero-order valence-corrected chi connectivity index (χ0v) is 30.0. The molecule has 1 saturated heterocycles. The Morgan fingerprint density at radius 2 is 1.74 bits per heavy atom. The fraction of sp³-hybridized carbons (Fsp3) is 0.389. The zero-order chi connectivity index (χ0) is 36.6. The van der Waals surface area contributed by atoms with Gasteiger partial charge in [-0.3, -0.25) is 24.2 Å². The molecule has 260 valence electrons. The first-order chi connectivity index (χ1) is 23.5. The average molecular weight is 719 g/mol. The lowest BCUT2D eigenvalue weighted by Crippen LogP contribution is -2.56. The van der Waals surface area contributed by atoms with Gasteiger partial charge in [0.25, 0.3) is 17.7 Å². The second-order valence-electron chi connectivity index (χ2n) is 14.1. The van der Waals surface area contributed by atoms with Crippen molar-refractivity contribution in [2.75, 3.05) is 9.80 Å². The second-order valence-corrected chi connectivity index (χ2v) is 19.3. The maximum Gasteiger partial charge on any atom is 0.256 e. The highest BCUT2D eigenvalue weighted by molar-refractivity contribution is 6.74. The maximum absolute atomic E-state index is 15.2. The quantitative estimate of drug-likeness (QED) is 0.244. The number of carbonyl (C=O) groups excluding carboxylic acids is 3. The van der Waals surface area contributed by atoms with Gasteiger partial charge in [-0.15, -0.1) is 0 Å². The molecule has 10 nitrogen and oxygen atoms in total. The molecule has 0 bridgehead atoms. The lowest BCUT2D eigenvalue weighted by Gasteiger charge is -2.39. The molecule has 2 fully saturated rings. The van der Waals surface area contributed by atoms with Crippen LogP contribution in [0.25, 0.3) is 0 Å². The number of pyridine rings is 1. The summed E-state index contributed by atoms with van der Waals surface area (Å²) < 4.78 is 34.3. The van der Waals surface area contributed by atoms with Crippen LogP contribution in [0.15, 0.2) is 66.9 Å². The standard InChI is InChI=1S/C36H37ClF2N6O4Si/c1-35(2,3)50(4,5)49-29-17-28(45(34(29)48)30-16-23(21-41)13-14-42-30)33(47)44(25-10-8-9-22(15-25)20-40)31(26-11-6-7-12-27(26)37)32(46)43-24-18-36(38,39)19-24/h6-16,24,28-29,31H,17-19H2,1-5H3,(H,43,46)/t28-,29+,31?/m0/s1. The van der Waals surface area contributed by atoms with Crippen molar-refractivity contribution in [1.29, 1.82) is 10.5 Å². The van der Waals surface area contributed by atoms with E-state index < -0.39 is 69.0 Å². The first-order valence-electron chi connectivity index (χ1n) is 16.1. The molecule has 1 aliphatic heterocycles. The van der Waals surface area contributed by atoms with Gasteiger partial charge in [0.1, 0.15) is 24.0 Å². The van der Waals surface area contributed by atoms with Gasteiger partial charge in [-0.05, 0) is 54.5 Å². The summed E-state index contributed by atoms with van der Waals surface area (Å²) in [5.41, 5.74) is 0.710. The van der Waals surface area contributed by atoms with Crippen LogP contribution in [0.4, 0.5) is 20.3 Å². The average Bonchev–Trinajstić information content (AvgIpc) is 3.37. The molecule has 2 aliphatic rings. The van der Waals surface area contributed by atoms with Gasteiger partial charge in [0.2, 0.25) is 5.91 Å². The Morgan fingerprint density at radius 3 is 2.36 bits per heavy atom. The number of rotatable bonds is 9. The first-order valence-corrected chi connectivity index (χ1v) is 19.4. The second kappa shape index (κ2) is 13.9. The minimum atomic E-state index is -2.93. The summed E-state index contributed by atoms with van der Waals surface area (Å²) in [5, 5.41) is 21.9. The zero-order valence-electron chi connectivity index (χ0n) is 28.3. The van der Waals surface area contributed by atoms with Crippen LogP contribution in [-0.2, 0) is 18.8 Å². The minimum absolute atomic E-state index is 0.0369. The van der Waals surface area contributed by atoms with Crippen LogP contribution < -0.4 is 15.1 Å². The minimum Gasteiger partial charge on any atom is -0.405 e. The smallest absolute Gasteiger partial charge is 0.256 e. The van der Waals surface area contributed by atoms with Crippen molar-refractivity contribution in [3.8, 4) is 12.1 Å². The summed E-state index contributed by atoms with van der Waals surface area (Å²) in [6, 6.07) is 15.7. The van der Waals surface area contributed by atoms with Gasteiger partial charge in [-0.25, -0.2) is 13.8 Å². The van der Waals surface area contributed by atoms with Crippen LogP contribution in [0.1, 0.15) is 62.8 Å². The molecule has 1 aliphatic carbocycles. The number of aromatic nitrogens is 1. The molecule has 1 saturated carbocycles. The van der Waals surface area contributed by atoms with Gasteiger partial charge < -0.3 is 9.74 Å². The fourth-order valence-electron chi connectivity index (χ4n) is 5.88. The van der Waals surface area contributed by atoms with Crippen LogP contribution in [0.5, 0.6) is 0 Å². The monoisotopic (exact) mass is 718 g/mol. The lowest BCUT2D eigenvalue weighted by molar-refractivity contribution is -0.133. The number of halogens is 3. The van der Waals surface area contributed by atoms with E-state index >= 15 is 4.79 Å². The Morgan fingerprint density at radius 1 is 1.08 bits per heavy atom. The predicted octanol–water partition coefficient (Wildman–Crippen LogP) is 6.66. The molecule has 1 N–H and O–H groups in total. The number of anilines is 2. The molecule has 3 atom stereocenters. The van der Waals surface area contributed by atoms with Crippen molar-refractivity contribution in [3.05, 3.63) is 88.6 Å². The van der Waals surface area contributed by atoms with Gasteiger partial charge in [0.05, 0.1) is 23.3 Å². The molecule has 1 aromatic heterocycles. The van der Waals surface area contributed by atoms with Crippen molar-refractivity contribution in [2.45, 2.75) is 88.3 Å². The van der Waals surface area contributed by atoms with Crippen molar-refractivity contribution >= 4 is 49.1 Å². The fourth-order valence-corrected chi connectivity index (χ4v) is 7.38. The summed E-state index contributed by atoms with van der Waals surface area (Å²) in [4.78, 5) is 50.4. The molecule has 5 rings (SSSR count). The van der Waals surface area contributed by atoms with Crippen LogP contribution in [0, 0.1) is 22.7 Å². The SMILES string of the molecule is CC(C)(C)[Si](C)(C)O[C@@H]1C[C@@H](C(=O)N(c2cccc(C#N)c2)C(C(=O)NC2CC(F)(F)C2)c2ccccc2Cl)N(c2cc(C#N)ccn2)C1=O. The maximum atomic E-state index is 15.2. The third-order valence-corrected chi connectivity index (χ3v) is 14.4. The largest absolute Gasteiger partial charge is 0.405 e. The number of carbonyl (C=O) groups is 3. The van der Waals surface area contributed by atoms with Gasteiger partial charge >= 0.3 is 0 Å². The highest BCUT2D eigenvalue weighted by Gasteiger charge is 2.52. The summed E-state index contributed by atoms with van der Waals surface area (Å²) >= 11 is 6.66. The molecule has 0 radical (unpaired) electrons. The van der Waals surface area contributed by atoms with Crippen molar-refractivity contribution < 1.29 is 27.6 Å². The van der Waals surface area contributed by atoms with E-state index in [1.54, 1.807) is 24.3 Å². The van der Waals surface area contributed by atoms with E-state index in [1.807, 2.05) is 46.0 Å². The Bertz CT molecular complexity index is 1900. The molecule has 2 aromatic carbocycles. The Labute approximate surface area is 295 Å². The number of hydrogen-bond donors (Lipinski definition) is 1. The topological polar surface area (TPSA) is 139 Å². The molecule has 3 aromatic rings. The van der Waals surface area contributed by atoms with E-state index in [0.29, 0.717) is 0 Å². The molecule has 2 heterocycles. The lowest BCUT2D eigenvalue weighted by atomic mass is 9.87. The van der Waals surface area contributed by atoms with E-state index in [9.17, 15) is 28.9 Å². The van der Waals surface area contributed by atoms with E-state index in [4.69, 9.17) is 16.0 Å². The van der Waals surface area contributed by atoms with E-state index in [0.717, 1.165) is 4.90 Å². The Kier molecular flexibility index (Phi) is 10.2. The molecule has 3 amide bonds. The molecule has 0 spiro atoms. The van der Waals surface area contributed by atoms with Crippen LogP contribution in [0.2, 0.25) is 23.2 Å². The normalized spacial score (nSPS) is 19.6. The molecular formula is C36H37ClF2N6O4Si. The van der Waals surface area contributed by atoms with Crippen LogP contribution in [0.3, 0.4) is 0 Å². The van der Waals surface area contributed by atoms with Gasteiger partial charge in [-0.1, -0.05) is 56.6 Å². The van der Waals surface area contributed by atoms with Gasteiger partial charge in [-0.2, -0.15) is 10.5 Å². The van der Waals surface area contributed by atoms with Crippen molar-refractivity contribution in [2.24, 2.45) is 0 Å². The van der Waals surface area contributed by atoms with E-state index in [-0.39, 0.29) is 44.7 Å². The van der Waals surface area contributed by atoms with Gasteiger partial charge in [0.15, 0.2) is 8.32 Å². The first kappa shape index (κ1) is 36.6. The number of alkyl halides is 2. The third-order valence-electron chi connectivity index (χ3n) is 9.55. The van der Waals surface area contributed by atoms with Gasteiger partial charge in [0, 0.05) is 47.8 Å². The van der Waals surface area contributed by atoms with E-state index in [1.165, 1.54) is 47.5 Å². The number of hydrogen-bond acceptors (Lipinski definition) is 7. The highest BCUT2D eigenvalue weighted by Crippen LogP contribution is 2.42.